The summed E-state index contributed by atoms with van der Waals surface area (Å²) >= 11 is 5.88. The van der Waals surface area contributed by atoms with E-state index in [4.69, 9.17) is 11.6 Å². The first-order chi connectivity index (χ1) is 9.33. The van der Waals surface area contributed by atoms with Crippen molar-refractivity contribution in [2.75, 3.05) is 24.9 Å². The second kappa shape index (κ2) is 7.78. The lowest BCUT2D eigenvalue weighted by molar-refractivity contribution is 0.451. The van der Waals surface area contributed by atoms with Crippen molar-refractivity contribution >= 4 is 27.6 Å². The fourth-order valence-corrected chi connectivity index (χ4v) is 2.63. The van der Waals surface area contributed by atoms with Gasteiger partial charge >= 0.3 is 10.2 Å². The minimum absolute atomic E-state index is 0.140. The zero-order valence-corrected chi connectivity index (χ0v) is 13.5. The summed E-state index contributed by atoms with van der Waals surface area (Å²) in [6.45, 7) is 5.28. The molecule has 1 rings (SSSR count). The third kappa shape index (κ3) is 5.62. The van der Waals surface area contributed by atoms with Crippen molar-refractivity contribution in [2.24, 2.45) is 0 Å². The molecule has 114 valence electrons. The first-order valence-electron chi connectivity index (χ1n) is 6.41. The van der Waals surface area contributed by atoms with Crippen LogP contribution in [-0.2, 0) is 10.2 Å². The third-order valence-electron chi connectivity index (χ3n) is 2.60. The highest BCUT2D eigenvalue weighted by atomic mass is 35.5. The second-order valence-electron chi connectivity index (χ2n) is 4.72. The Kier molecular flexibility index (Phi) is 6.67. The SMILES string of the molecule is CC(C)NCCCN(C)S(=O)(=O)Nc1ncccc1Cl. The second-order valence-corrected chi connectivity index (χ2v) is 6.91. The van der Waals surface area contributed by atoms with E-state index in [1.54, 1.807) is 12.1 Å². The van der Waals surface area contributed by atoms with Crippen molar-refractivity contribution < 1.29 is 8.42 Å². The van der Waals surface area contributed by atoms with E-state index in [9.17, 15) is 8.42 Å². The number of halogens is 1. The maximum Gasteiger partial charge on any atom is 0.302 e. The summed E-state index contributed by atoms with van der Waals surface area (Å²) in [7, 11) is -2.11. The van der Waals surface area contributed by atoms with Crippen molar-refractivity contribution in [3.63, 3.8) is 0 Å². The molecule has 0 unspecified atom stereocenters. The molecule has 0 aliphatic carbocycles. The summed E-state index contributed by atoms with van der Waals surface area (Å²) < 4.78 is 27.8. The molecule has 2 N–H and O–H groups in total. The molecule has 1 aromatic heterocycles. The molecule has 8 heteroatoms. The van der Waals surface area contributed by atoms with Gasteiger partial charge in [-0.25, -0.2) is 4.98 Å². The third-order valence-corrected chi connectivity index (χ3v) is 4.36. The van der Waals surface area contributed by atoms with Gasteiger partial charge < -0.3 is 5.32 Å². The van der Waals surface area contributed by atoms with E-state index < -0.39 is 10.2 Å². The van der Waals surface area contributed by atoms with Gasteiger partial charge in [0.2, 0.25) is 0 Å². The smallest absolute Gasteiger partial charge is 0.302 e. The topological polar surface area (TPSA) is 74.3 Å². The van der Waals surface area contributed by atoms with Crippen molar-refractivity contribution in [1.82, 2.24) is 14.6 Å². The van der Waals surface area contributed by atoms with Gasteiger partial charge in [0.1, 0.15) is 0 Å². The molecule has 0 spiro atoms. The van der Waals surface area contributed by atoms with Gasteiger partial charge in [-0.3, -0.25) is 4.72 Å². The Morgan fingerprint density at radius 1 is 1.45 bits per heavy atom. The molecule has 0 saturated heterocycles. The molecule has 0 aliphatic heterocycles. The van der Waals surface area contributed by atoms with Crippen LogP contribution in [0.2, 0.25) is 5.02 Å². The van der Waals surface area contributed by atoms with Gasteiger partial charge in [0.15, 0.2) is 5.82 Å². The van der Waals surface area contributed by atoms with Crippen LogP contribution in [0.3, 0.4) is 0 Å². The van der Waals surface area contributed by atoms with Crippen LogP contribution in [0, 0.1) is 0 Å². The van der Waals surface area contributed by atoms with Gasteiger partial charge in [0.05, 0.1) is 5.02 Å². The zero-order valence-electron chi connectivity index (χ0n) is 11.9. The lowest BCUT2D eigenvalue weighted by atomic mass is 10.3. The van der Waals surface area contributed by atoms with E-state index in [2.05, 4.69) is 15.0 Å². The highest BCUT2D eigenvalue weighted by molar-refractivity contribution is 7.90. The van der Waals surface area contributed by atoms with Crippen molar-refractivity contribution in [1.29, 1.82) is 0 Å². The normalized spacial score (nSPS) is 12.1. The molecule has 0 aliphatic rings. The van der Waals surface area contributed by atoms with Crippen LogP contribution < -0.4 is 10.0 Å². The summed E-state index contributed by atoms with van der Waals surface area (Å²) in [5.74, 6) is 0.140. The molecule has 0 radical (unpaired) electrons. The maximum absolute atomic E-state index is 12.1. The van der Waals surface area contributed by atoms with Crippen LogP contribution in [0.15, 0.2) is 18.3 Å². The average molecular weight is 321 g/mol. The Labute approximate surface area is 125 Å². The largest absolute Gasteiger partial charge is 0.314 e. The summed E-state index contributed by atoms with van der Waals surface area (Å²) in [6, 6.07) is 3.61. The van der Waals surface area contributed by atoms with E-state index in [-0.39, 0.29) is 10.8 Å². The molecular weight excluding hydrogens is 300 g/mol. The van der Waals surface area contributed by atoms with Crippen LogP contribution >= 0.6 is 11.6 Å². The lowest BCUT2D eigenvalue weighted by Crippen LogP contribution is -2.35. The number of hydrogen-bond acceptors (Lipinski definition) is 4. The first-order valence-corrected chi connectivity index (χ1v) is 8.22. The lowest BCUT2D eigenvalue weighted by Gasteiger charge is -2.18. The summed E-state index contributed by atoms with van der Waals surface area (Å²) in [5.41, 5.74) is 0. The fraction of sp³-hybridized carbons (Fsp3) is 0.583. The predicted octanol–water partition coefficient (Wildman–Crippen LogP) is 1.71. The number of rotatable bonds is 8. The van der Waals surface area contributed by atoms with Crippen molar-refractivity contribution in [3.05, 3.63) is 23.4 Å². The molecule has 0 aromatic carbocycles. The van der Waals surface area contributed by atoms with E-state index >= 15 is 0 Å². The number of pyridine rings is 1. The van der Waals surface area contributed by atoms with Crippen LogP contribution in [0.25, 0.3) is 0 Å². The summed E-state index contributed by atoms with van der Waals surface area (Å²) in [6.07, 6.45) is 2.21. The van der Waals surface area contributed by atoms with Gasteiger partial charge in [0, 0.05) is 25.8 Å². The minimum atomic E-state index is -3.63. The Morgan fingerprint density at radius 2 is 2.15 bits per heavy atom. The fourth-order valence-electron chi connectivity index (χ4n) is 1.47. The number of nitrogens with one attached hydrogen (secondary N) is 2. The van der Waals surface area contributed by atoms with Crippen molar-refractivity contribution in [2.45, 2.75) is 26.3 Å². The average Bonchev–Trinajstić information content (AvgIpc) is 2.36. The monoisotopic (exact) mass is 320 g/mol. The Morgan fingerprint density at radius 3 is 2.75 bits per heavy atom. The van der Waals surface area contributed by atoms with Crippen LogP contribution in [-0.4, -0.2) is 43.9 Å². The number of nitrogens with zero attached hydrogens (tertiary/aromatic N) is 2. The van der Waals surface area contributed by atoms with Gasteiger partial charge in [-0.05, 0) is 25.1 Å². The predicted molar refractivity (Wildman–Crippen MR) is 82.2 cm³/mol. The van der Waals surface area contributed by atoms with Gasteiger partial charge in [-0.2, -0.15) is 12.7 Å². The van der Waals surface area contributed by atoms with Crippen LogP contribution in [0.1, 0.15) is 20.3 Å². The quantitative estimate of drug-likeness (QED) is 0.715. The van der Waals surface area contributed by atoms with E-state index in [1.807, 2.05) is 13.8 Å². The van der Waals surface area contributed by atoms with Gasteiger partial charge in [0.25, 0.3) is 0 Å². The summed E-state index contributed by atoms with van der Waals surface area (Å²) in [5, 5.41) is 3.51. The molecule has 1 aromatic rings. The number of aromatic nitrogens is 1. The van der Waals surface area contributed by atoms with E-state index in [0.29, 0.717) is 12.6 Å². The maximum atomic E-state index is 12.1. The van der Waals surface area contributed by atoms with Crippen molar-refractivity contribution in [3.8, 4) is 0 Å². The molecule has 0 amide bonds. The molecular formula is C12H21ClN4O2S. The van der Waals surface area contributed by atoms with Gasteiger partial charge in [-0.15, -0.1) is 0 Å². The molecule has 0 fully saturated rings. The highest BCUT2D eigenvalue weighted by Crippen LogP contribution is 2.19. The molecule has 6 nitrogen and oxygen atoms in total. The molecule has 0 atom stereocenters. The Hall–Kier alpha value is -0.890. The summed E-state index contributed by atoms with van der Waals surface area (Å²) in [4.78, 5) is 3.90. The standard InChI is InChI=1S/C12H21ClN4O2S/c1-10(2)14-8-5-9-17(3)20(18,19)16-12-11(13)6-4-7-15-12/h4,6-7,10,14H,5,8-9H2,1-3H3,(H,15,16). The first kappa shape index (κ1) is 17.2. The minimum Gasteiger partial charge on any atom is -0.314 e. The Balaban J connectivity index is 2.53. The molecule has 0 saturated carbocycles. The van der Waals surface area contributed by atoms with Gasteiger partial charge in [-0.1, -0.05) is 25.4 Å². The molecule has 0 bridgehead atoms. The molecule has 1 heterocycles. The highest BCUT2D eigenvalue weighted by Gasteiger charge is 2.18. The number of anilines is 1. The number of hydrogen-bond donors (Lipinski definition) is 2. The zero-order chi connectivity index (χ0) is 15.2. The van der Waals surface area contributed by atoms with Crippen LogP contribution in [0.4, 0.5) is 5.82 Å². The molecule has 20 heavy (non-hydrogen) atoms. The Bertz CT molecular complexity index is 522. The van der Waals surface area contributed by atoms with E-state index in [0.717, 1.165) is 13.0 Å². The van der Waals surface area contributed by atoms with E-state index in [1.165, 1.54) is 17.5 Å². The van der Waals surface area contributed by atoms with Crippen LogP contribution in [0.5, 0.6) is 0 Å².